The van der Waals surface area contributed by atoms with Crippen LogP contribution >= 0.6 is 0 Å². The van der Waals surface area contributed by atoms with Crippen molar-refractivity contribution in [1.82, 2.24) is 5.43 Å². The largest absolute Gasteiger partial charge is 0.457 e. The molecule has 0 radical (unpaired) electrons. The van der Waals surface area contributed by atoms with E-state index in [2.05, 4.69) is 10.5 Å². The van der Waals surface area contributed by atoms with Crippen molar-refractivity contribution in [2.45, 2.75) is 5.92 Å². The summed E-state index contributed by atoms with van der Waals surface area (Å²) in [6.07, 6.45) is 0. The summed E-state index contributed by atoms with van der Waals surface area (Å²) in [5, 5.41) is 4.43. The summed E-state index contributed by atoms with van der Waals surface area (Å²) in [6, 6.07) is 24.2. The topological polar surface area (TPSA) is 33.6 Å². The Kier molecular flexibility index (Phi) is 4.17. The van der Waals surface area contributed by atoms with Crippen molar-refractivity contribution < 1.29 is 9.13 Å². The molecule has 0 fully saturated rings. The van der Waals surface area contributed by atoms with Crippen LogP contribution in [-0.4, -0.2) is 12.3 Å². The Bertz CT molecular complexity index is 874. The minimum absolute atomic E-state index is 0.112. The van der Waals surface area contributed by atoms with Gasteiger partial charge in [0.2, 0.25) is 0 Å². The van der Waals surface area contributed by atoms with Crippen molar-refractivity contribution in [3.8, 4) is 11.5 Å². The highest BCUT2D eigenvalue weighted by Gasteiger charge is 2.24. The van der Waals surface area contributed by atoms with Crippen LogP contribution in [-0.2, 0) is 0 Å². The summed E-state index contributed by atoms with van der Waals surface area (Å²) in [5.74, 6) is 1.47. The van der Waals surface area contributed by atoms with Crippen molar-refractivity contribution >= 4 is 5.71 Å². The lowest BCUT2D eigenvalue weighted by Gasteiger charge is -2.13. The predicted molar refractivity (Wildman–Crippen MR) is 96.6 cm³/mol. The molecule has 3 aromatic rings. The van der Waals surface area contributed by atoms with E-state index in [1.165, 1.54) is 12.1 Å². The summed E-state index contributed by atoms with van der Waals surface area (Å²) < 4.78 is 19.0. The summed E-state index contributed by atoms with van der Waals surface area (Å²) in [6.45, 7) is 0.712. The van der Waals surface area contributed by atoms with E-state index >= 15 is 0 Å². The third-order valence-corrected chi connectivity index (χ3v) is 4.23. The first-order chi connectivity index (χ1) is 12.3. The molecule has 1 atom stereocenters. The molecule has 0 aromatic heterocycles. The van der Waals surface area contributed by atoms with Gasteiger partial charge in [0.25, 0.3) is 0 Å². The van der Waals surface area contributed by atoms with Crippen molar-refractivity contribution in [1.29, 1.82) is 0 Å². The fourth-order valence-electron chi connectivity index (χ4n) is 2.95. The zero-order valence-electron chi connectivity index (χ0n) is 13.5. The van der Waals surface area contributed by atoms with E-state index in [9.17, 15) is 4.39 Å². The molecule has 0 aliphatic carbocycles. The first kappa shape index (κ1) is 15.4. The Labute approximate surface area is 145 Å². The van der Waals surface area contributed by atoms with Gasteiger partial charge in [0, 0.05) is 12.5 Å². The van der Waals surface area contributed by atoms with Crippen LogP contribution < -0.4 is 10.2 Å². The number of benzene rings is 3. The van der Waals surface area contributed by atoms with Crippen molar-refractivity contribution in [2.24, 2.45) is 5.10 Å². The summed E-state index contributed by atoms with van der Waals surface area (Å²) in [7, 11) is 0. The van der Waals surface area contributed by atoms with Crippen LogP contribution in [0.1, 0.15) is 17.0 Å². The highest BCUT2D eigenvalue weighted by molar-refractivity contribution is 6.06. The molecule has 0 saturated heterocycles. The number of halogens is 1. The smallest absolute Gasteiger partial charge is 0.127 e. The van der Waals surface area contributed by atoms with Gasteiger partial charge in [-0.1, -0.05) is 30.3 Å². The fourth-order valence-corrected chi connectivity index (χ4v) is 2.95. The van der Waals surface area contributed by atoms with Crippen molar-refractivity contribution in [2.75, 3.05) is 6.54 Å². The Morgan fingerprint density at radius 3 is 2.24 bits per heavy atom. The first-order valence-electron chi connectivity index (χ1n) is 8.19. The molecule has 25 heavy (non-hydrogen) atoms. The van der Waals surface area contributed by atoms with E-state index in [1.807, 2.05) is 66.7 Å². The molecule has 3 aromatic carbocycles. The lowest BCUT2D eigenvalue weighted by molar-refractivity contribution is 0.482. The second-order valence-electron chi connectivity index (χ2n) is 5.90. The number of rotatable bonds is 4. The molecular formula is C21H17FN2O. The lowest BCUT2D eigenvalue weighted by Crippen LogP contribution is -2.14. The van der Waals surface area contributed by atoms with Gasteiger partial charge in [-0.05, 0) is 59.7 Å². The highest BCUT2D eigenvalue weighted by Crippen LogP contribution is 2.27. The fraction of sp³-hybridized carbons (Fsp3) is 0.0952. The molecule has 1 aliphatic heterocycles. The lowest BCUT2D eigenvalue weighted by atomic mass is 9.91. The number of ether oxygens (including phenoxy) is 1. The van der Waals surface area contributed by atoms with Gasteiger partial charge >= 0.3 is 0 Å². The van der Waals surface area contributed by atoms with E-state index in [4.69, 9.17) is 4.74 Å². The van der Waals surface area contributed by atoms with Gasteiger partial charge in [0.15, 0.2) is 0 Å². The van der Waals surface area contributed by atoms with Gasteiger partial charge in [0.05, 0.1) is 5.71 Å². The molecule has 0 spiro atoms. The van der Waals surface area contributed by atoms with Gasteiger partial charge in [-0.2, -0.15) is 5.10 Å². The molecule has 1 unspecified atom stereocenters. The van der Waals surface area contributed by atoms with E-state index in [0.717, 1.165) is 28.3 Å². The van der Waals surface area contributed by atoms with Crippen LogP contribution in [0.25, 0.3) is 0 Å². The monoisotopic (exact) mass is 332 g/mol. The summed E-state index contributed by atoms with van der Waals surface area (Å²) >= 11 is 0. The van der Waals surface area contributed by atoms with Gasteiger partial charge in [-0.15, -0.1) is 0 Å². The molecule has 1 N–H and O–H groups in total. The van der Waals surface area contributed by atoms with Crippen LogP contribution in [0.3, 0.4) is 0 Å². The predicted octanol–water partition coefficient (Wildman–Crippen LogP) is 4.71. The quantitative estimate of drug-likeness (QED) is 0.751. The number of hydrogen-bond donors (Lipinski definition) is 1. The van der Waals surface area contributed by atoms with Gasteiger partial charge in [-0.3, -0.25) is 0 Å². The molecule has 0 saturated carbocycles. The first-order valence-corrected chi connectivity index (χ1v) is 8.19. The molecular weight excluding hydrogens is 315 g/mol. The number of nitrogens with zero attached hydrogens (tertiary/aromatic N) is 1. The molecule has 0 bridgehead atoms. The van der Waals surface area contributed by atoms with E-state index < -0.39 is 0 Å². The molecule has 4 rings (SSSR count). The molecule has 1 heterocycles. The van der Waals surface area contributed by atoms with E-state index in [-0.39, 0.29) is 11.7 Å². The maximum absolute atomic E-state index is 13.2. The summed E-state index contributed by atoms with van der Waals surface area (Å²) in [4.78, 5) is 0. The van der Waals surface area contributed by atoms with Crippen LogP contribution in [0, 0.1) is 5.82 Å². The van der Waals surface area contributed by atoms with Crippen LogP contribution in [0.15, 0.2) is 84.0 Å². The molecule has 124 valence electrons. The second kappa shape index (κ2) is 6.77. The maximum Gasteiger partial charge on any atom is 0.127 e. The second-order valence-corrected chi connectivity index (χ2v) is 5.90. The van der Waals surface area contributed by atoms with Gasteiger partial charge in [-0.25, -0.2) is 4.39 Å². The SMILES string of the molecule is Fc1ccc(C2CNN=C2c2ccc(Oc3ccccc3)cc2)cc1. The zero-order valence-corrected chi connectivity index (χ0v) is 13.5. The van der Waals surface area contributed by atoms with Gasteiger partial charge in [0.1, 0.15) is 17.3 Å². The zero-order chi connectivity index (χ0) is 17.1. The Morgan fingerprint density at radius 1 is 0.840 bits per heavy atom. The Balaban J connectivity index is 1.54. The number of hydrogen-bond acceptors (Lipinski definition) is 3. The van der Waals surface area contributed by atoms with Crippen LogP contribution in [0.2, 0.25) is 0 Å². The minimum Gasteiger partial charge on any atom is -0.457 e. The molecule has 0 amide bonds. The highest BCUT2D eigenvalue weighted by atomic mass is 19.1. The average Bonchev–Trinajstić information content (AvgIpc) is 3.14. The molecule has 1 aliphatic rings. The third-order valence-electron chi connectivity index (χ3n) is 4.23. The number of nitrogens with one attached hydrogen (secondary N) is 1. The van der Waals surface area contributed by atoms with Gasteiger partial charge < -0.3 is 10.2 Å². The molecule has 4 heteroatoms. The van der Waals surface area contributed by atoms with E-state index in [1.54, 1.807) is 0 Å². The number of hydrazone groups is 1. The Morgan fingerprint density at radius 2 is 1.52 bits per heavy atom. The van der Waals surface area contributed by atoms with Crippen LogP contribution in [0.5, 0.6) is 11.5 Å². The van der Waals surface area contributed by atoms with Crippen molar-refractivity contribution in [3.63, 3.8) is 0 Å². The minimum atomic E-state index is -0.226. The van der Waals surface area contributed by atoms with Crippen molar-refractivity contribution in [3.05, 3.63) is 95.8 Å². The maximum atomic E-state index is 13.2. The van der Waals surface area contributed by atoms with Crippen LogP contribution in [0.4, 0.5) is 4.39 Å². The number of para-hydroxylation sites is 1. The molecule has 3 nitrogen and oxygen atoms in total. The van der Waals surface area contributed by atoms with E-state index in [0.29, 0.717) is 6.54 Å². The average molecular weight is 332 g/mol. The third kappa shape index (κ3) is 3.38. The summed E-state index contributed by atoms with van der Waals surface area (Å²) in [5.41, 5.74) is 6.09. The normalized spacial score (nSPS) is 16.2. The Hall–Kier alpha value is -3.14. The standard InChI is InChI=1S/C21H17FN2O/c22-17-10-6-15(7-11-17)20-14-23-24-21(20)16-8-12-19(13-9-16)25-18-4-2-1-3-5-18/h1-13,20,23H,14H2.